The number of phenols is 2. The van der Waals surface area contributed by atoms with Crippen LogP contribution in [0.5, 0.6) is 11.5 Å². The summed E-state index contributed by atoms with van der Waals surface area (Å²) in [6.07, 6.45) is 3.09. The predicted octanol–water partition coefficient (Wildman–Crippen LogP) is 2.10. The summed E-state index contributed by atoms with van der Waals surface area (Å²) >= 11 is 0. The average Bonchev–Trinajstić information content (AvgIpc) is 2.56. The highest BCUT2D eigenvalue weighted by Crippen LogP contribution is 2.32. The topological polar surface area (TPSA) is 72.8 Å². The molecule has 0 aliphatic carbocycles. The van der Waals surface area contributed by atoms with Crippen molar-refractivity contribution >= 4 is 5.91 Å². The zero-order valence-corrected chi connectivity index (χ0v) is 13.5. The first-order chi connectivity index (χ1) is 11.0. The highest BCUT2D eigenvalue weighted by atomic mass is 19.1. The van der Waals surface area contributed by atoms with Gasteiger partial charge in [-0.3, -0.25) is 4.79 Å². The number of hydrogen-bond acceptors (Lipinski definition) is 4. The third kappa shape index (κ3) is 4.58. The molecule has 0 bridgehead atoms. The van der Waals surface area contributed by atoms with Crippen molar-refractivity contribution in [3.8, 4) is 11.5 Å². The molecule has 128 valence electrons. The fraction of sp³-hybridized carbons (Fsp3) is 0.588. The van der Waals surface area contributed by atoms with Crippen LogP contribution in [0.15, 0.2) is 12.1 Å². The Kier molecular flexibility index (Phi) is 6.21. The molecular formula is C17H25FN2O3. The molecule has 1 aliphatic rings. The lowest BCUT2D eigenvalue weighted by Gasteiger charge is -2.33. The summed E-state index contributed by atoms with van der Waals surface area (Å²) in [5.41, 5.74) is 0.875. The molecule has 2 rings (SSSR count). The van der Waals surface area contributed by atoms with Crippen molar-refractivity contribution < 1.29 is 19.4 Å². The summed E-state index contributed by atoms with van der Waals surface area (Å²) in [7, 11) is 0. The number of aromatic hydroxyl groups is 2. The lowest BCUT2D eigenvalue weighted by atomic mass is 10.0. The number of benzene rings is 1. The van der Waals surface area contributed by atoms with E-state index >= 15 is 0 Å². The highest BCUT2D eigenvalue weighted by Gasteiger charge is 2.21. The van der Waals surface area contributed by atoms with E-state index in [1.54, 1.807) is 6.07 Å². The minimum atomic E-state index is -0.801. The maximum atomic E-state index is 13.1. The van der Waals surface area contributed by atoms with E-state index in [0.717, 1.165) is 32.5 Å². The number of halogens is 1. The van der Waals surface area contributed by atoms with Crippen LogP contribution >= 0.6 is 0 Å². The fourth-order valence-electron chi connectivity index (χ4n) is 3.03. The molecule has 23 heavy (non-hydrogen) atoms. The number of alkyl halides is 1. The van der Waals surface area contributed by atoms with Gasteiger partial charge in [-0.25, -0.2) is 4.39 Å². The van der Waals surface area contributed by atoms with E-state index < -0.39 is 6.67 Å². The minimum absolute atomic E-state index is 0.0695. The Labute approximate surface area is 136 Å². The first-order valence-corrected chi connectivity index (χ1v) is 8.15. The number of rotatable bonds is 6. The minimum Gasteiger partial charge on any atom is -0.504 e. The molecule has 1 fully saturated rings. The number of amides is 1. The lowest BCUT2D eigenvalue weighted by molar-refractivity contribution is -0.121. The van der Waals surface area contributed by atoms with Gasteiger partial charge in [0.2, 0.25) is 5.91 Å². The second-order valence-electron chi connectivity index (χ2n) is 6.02. The largest absolute Gasteiger partial charge is 0.504 e. The van der Waals surface area contributed by atoms with E-state index in [1.165, 1.54) is 6.07 Å². The number of piperidine rings is 1. The molecule has 3 N–H and O–H groups in total. The van der Waals surface area contributed by atoms with Crippen LogP contribution in [0.4, 0.5) is 4.39 Å². The molecule has 1 heterocycles. The molecule has 0 spiro atoms. The third-order valence-electron chi connectivity index (χ3n) is 4.38. The molecule has 1 aromatic carbocycles. The number of hydrogen-bond donors (Lipinski definition) is 3. The molecule has 5 nitrogen and oxygen atoms in total. The van der Waals surface area contributed by atoms with Gasteiger partial charge in [-0.1, -0.05) is 13.0 Å². The Morgan fingerprint density at radius 2 is 2.22 bits per heavy atom. The van der Waals surface area contributed by atoms with Crippen molar-refractivity contribution in [1.29, 1.82) is 0 Å². The molecule has 1 aliphatic heterocycles. The Morgan fingerprint density at radius 3 is 2.91 bits per heavy atom. The normalized spacial score (nSPS) is 18.8. The van der Waals surface area contributed by atoms with Crippen LogP contribution < -0.4 is 5.32 Å². The summed E-state index contributed by atoms with van der Waals surface area (Å²) < 4.78 is 13.1. The number of carbonyl (C=O) groups excluding carboxylic acids is 1. The summed E-state index contributed by atoms with van der Waals surface area (Å²) in [4.78, 5) is 13.7. The molecular weight excluding hydrogens is 299 g/mol. The van der Waals surface area contributed by atoms with Gasteiger partial charge < -0.3 is 20.4 Å². The van der Waals surface area contributed by atoms with Gasteiger partial charge in [0.05, 0.1) is 0 Å². The molecule has 0 aromatic heterocycles. The van der Waals surface area contributed by atoms with E-state index in [4.69, 9.17) is 0 Å². The van der Waals surface area contributed by atoms with Crippen molar-refractivity contribution in [3.63, 3.8) is 0 Å². The van der Waals surface area contributed by atoms with Crippen LogP contribution in [0.25, 0.3) is 0 Å². The van der Waals surface area contributed by atoms with Crippen LogP contribution in [0.3, 0.4) is 0 Å². The quantitative estimate of drug-likeness (QED) is 0.701. The Bertz CT molecular complexity index is 551. The zero-order chi connectivity index (χ0) is 16.8. The summed E-state index contributed by atoms with van der Waals surface area (Å²) in [6, 6.07) is 3.22. The summed E-state index contributed by atoms with van der Waals surface area (Å²) in [5, 5.41) is 22.2. The van der Waals surface area contributed by atoms with Crippen LogP contribution in [-0.2, 0) is 17.9 Å². The summed E-state index contributed by atoms with van der Waals surface area (Å²) in [5.74, 6) is -0.585. The summed E-state index contributed by atoms with van der Waals surface area (Å²) in [6.45, 7) is 3.51. The average molecular weight is 324 g/mol. The zero-order valence-electron chi connectivity index (χ0n) is 13.5. The molecule has 0 radical (unpaired) electrons. The number of phenolic OH excluding ortho intramolecular Hbond substituents is 2. The van der Waals surface area contributed by atoms with Crippen molar-refractivity contribution in [2.75, 3.05) is 19.6 Å². The number of likely N-dealkylation sites (tertiary alicyclic amines) is 1. The van der Waals surface area contributed by atoms with Gasteiger partial charge in [0.25, 0.3) is 0 Å². The van der Waals surface area contributed by atoms with Crippen molar-refractivity contribution in [2.24, 2.45) is 0 Å². The van der Waals surface area contributed by atoms with Crippen molar-refractivity contribution in [3.05, 3.63) is 23.3 Å². The first kappa shape index (κ1) is 17.5. The number of nitrogens with one attached hydrogen (secondary N) is 1. The molecule has 1 aromatic rings. The smallest absolute Gasteiger partial charge is 0.219 e. The van der Waals surface area contributed by atoms with Gasteiger partial charge in [0, 0.05) is 31.1 Å². The van der Waals surface area contributed by atoms with Crippen LogP contribution in [0.1, 0.15) is 37.3 Å². The molecule has 1 atom stereocenters. The van der Waals surface area contributed by atoms with Gasteiger partial charge in [0.1, 0.15) is 6.67 Å². The molecule has 1 saturated heterocycles. The Morgan fingerprint density at radius 1 is 1.43 bits per heavy atom. The first-order valence-electron chi connectivity index (χ1n) is 8.15. The van der Waals surface area contributed by atoms with Crippen LogP contribution in [0, 0.1) is 0 Å². The Hall–Kier alpha value is -1.82. The van der Waals surface area contributed by atoms with Crippen molar-refractivity contribution in [2.45, 2.75) is 45.3 Å². The highest BCUT2D eigenvalue weighted by molar-refractivity contribution is 5.75. The van der Waals surface area contributed by atoms with E-state index in [1.807, 2.05) is 6.92 Å². The van der Waals surface area contributed by atoms with Crippen molar-refractivity contribution in [1.82, 2.24) is 10.2 Å². The SMILES string of the molecule is CCC(=O)N[C@H]1CCCN(CCc2ccc(O)c(O)c2CF)C1. The van der Waals surface area contributed by atoms with Gasteiger partial charge >= 0.3 is 0 Å². The van der Waals surface area contributed by atoms with Gasteiger partial charge in [-0.05, 0) is 37.4 Å². The van der Waals surface area contributed by atoms with Crippen LogP contribution in [0.2, 0.25) is 0 Å². The van der Waals surface area contributed by atoms with E-state index in [9.17, 15) is 19.4 Å². The van der Waals surface area contributed by atoms with Gasteiger partial charge in [0.15, 0.2) is 11.5 Å². The molecule has 6 heteroatoms. The maximum absolute atomic E-state index is 13.1. The van der Waals surface area contributed by atoms with E-state index in [0.29, 0.717) is 18.4 Å². The second kappa shape index (κ2) is 8.15. The standard InChI is InChI=1S/C17H25FN2O3/c1-2-16(22)19-13-4-3-8-20(11-13)9-7-12-5-6-15(21)17(23)14(12)10-18/h5-6,13,21,23H,2-4,7-11H2,1H3,(H,19,22)/t13-/m0/s1. The van der Waals surface area contributed by atoms with E-state index in [2.05, 4.69) is 10.2 Å². The Balaban J connectivity index is 1.93. The number of nitrogens with zero attached hydrogens (tertiary/aromatic N) is 1. The van der Waals surface area contributed by atoms with E-state index in [-0.39, 0.29) is 29.0 Å². The van der Waals surface area contributed by atoms with Crippen LogP contribution in [-0.4, -0.2) is 46.7 Å². The van der Waals surface area contributed by atoms with Gasteiger partial charge in [-0.15, -0.1) is 0 Å². The second-order valence-corrected chi connectivity index (χ2v) is 6.02. The molecule has 0 saturated carbocycles. The lowest BCUT2D eigenvalue weighted by Crippen LogP contribution is -2.48. The predicted molar refractivity (Wildman–Crippen MR) is 86.2 cm³/mol. The van der Waals surface area contributed by atoms with Gasteiger partial charge in [-0.2, -0.15) is 0 Å². The molecule has 1 amide bonds. The maximum Gasteiger partial charge on any atom is 0.219 e. The monoisotopic (exact) mass is 324 g/mol. The third-order valence-corrected chi connectivity index (χ3v) is 4.38. The fourth-order valence-corrected chi connectivity index (χ4v) is 3.03. The number of carbonyl (C=O) groups is 1. The molecule has 0 unspecified atom stereocenters.